The number of hydrogen-bond acceptors (Lipinski definition) is 3. The van der Waals surface area contributed by atoms with Crippen molar-refractivity contribution in [3.63, 3.8) is 0 Å². The van der Waals surface area contributed by atoms with Crippen molar-refractivity contribution in [3.8, 4) is 11.1 Å². The topological polar surface area (TPSA) is 75.6 Å². The van der Waals surface area contributed by atoms with Crippen molar-refractivity contribution in [1.29, 1.82) is 0 Å². The van der Waals surface area contributed by atoms with Gasteiger partial charge in [0.05, 0.1) is 5.56 Å². The van der Waals surface area contributed by atoms with E-state index in [0.29, 0.717) is 18.0 Å². The van der Waals surface area contributed by atoms with Crippen molar-refractivity contribution in [2.75, 3.05) is 13.2 Å². The molecular formula is C24H20ClNO4. The molecule has 0 aromatic heterocycles. The zero-order valence-electron chi connectivity index (χ0n) is 16.1. The summed E-state index contributed by atoms with van der Waals surface area (Å²) in [5.74, 6) is -1.01. The third kappa shape index (κ3) is 4.02. The van der Waals surface area contributed by atoms with Crippen LogP contribution in [0.5, 0.6) is 0 Å². The van der Waals surface area contributed by atoms with E-state index in [9.17, 15) is 9.59 Å². The van der Waals surface area contributed by atoms with Gasteiger partial charge in [-0.3, -0.25) is 0 Å². The summed E-state index contributed by atoms with van der Waals surface area (Å²) >= 11 is 6.12. The summed E-state index contributed by atoms with van der Waals surface area (Å²) in [6.07, 6.45) is -0.0155. The first kappa shape index (κ1) is 20.0. The summed E-state index contributed by atoms with van der Waals surface area (Å²) in [5, 5.41) is 12.1. The Morgan fingerprint density at radius 2 is 1.60 bits per heavy atom. The van der Waals surface area contributed by atoms with Gasteiger partial charge in [0.15, 0.2) is 0 Å². The first-order valence-corrected chi connectivity index (χ1v) is 10.0. The number of benzene rings is 3. The smallest absolute Gasteiger partial charge is 0.407 e. The number of carboxylic acids is 1. The average molecular weight is 422 g/mol. The molecule has 0 radical (unpaired) electrons. The number of carbonyl (C=O) groups is 2. The number of carboxylic acid groups (broad SMARTS) is 1. The maximum absolute atomic E-state index is 12.2. The Balaban J connectivity index is 1.33. The van der Waals surface area contributed by atoms with E-state index in [4.69, 9.17) is 21.4 Å². The molecule has 0 unspecified atom stereocenters. The summed E-state index contributed by atoms with van der Waals surface area (Å²) in [6.45, 7) is 0.594. The fraction of sp³-hybridized carbons (Fsp3) is 0.167. The van der Waals surface area contributed by atoms with E-state index in [1.807, 2.05) is 24.3 Å². The predicted molar refractivity (Wildman–Crippen MR) is 115 cm³/mol. The second kappa shape index (κ2) is 8.59. The summed E-state index contributed by atoms with van der Waals surface area (Å²) in [7, 11) is 0. The van der Waals surface area contributed by atoms with Gasteiger partial charge in [0, 0.05) is 17.5 Å². The van der Waals surface area contributed by atoms with Crippen LogP contribution in [-0.4, -0.2) is 30.3 Å². The molecule has 2 N–H and O–H groups in total. The third-order valence-corrected chi connectivity index (χ3v) is 5.66. The number of amides is 1. The highest BCUT2D eigenvalue weighted by atomic mass is 35.5. The normalized spacial score (nSPS) is 12.2. The first-order chi connectivity index (χ1) is 14.5. The van der Waals surface area contributed by atoms with Crippen LogP contribution in [-0.2, 0) is 11.2 Å². The Kier molecular flexibility index (Phi) is 5.72. The minimum Gasteiger partial charge on any atom is -0.478 e. The van der Waals surface area contributed by atoms with E-state index in [-0.39, 0.29) is 18.1 Å². The maximum atomic E-state index is 12.2. The highest BCUT2D eigenvalue weighted by molar-refractivity contribution is 6.31. The molecule has 30 heavy (non-hydrogen) atoms. The average Bonchev–Trinajstić information content (AvgIpc) is 3.07. The standard InChI is InChI=1S/C24H20ClNO4/c25-22-13-16(23(27)28)10-9-15(22)11-12-26-24(29)30-14-21-19-7-3-1-5-17(19)18-6-2-4-8-20(18)21/h1-10,13,21H,11-12,14H2,(H,26,29)(H,27,28). The maximum Gasteiger partial charge on any atom is 0.407 e. The van der Waals surface area contributed by atoms with Gasteiger partial charge in [0.25, 0.3) is 0 Å². The number of fused-ring (bicyclic) bond motifs is 3. The molecule has 0 saturated carbocycles. The molecule has 1 aliphatic carbocycles. The second-order valence-corrected chi connectivity index (χ2v) is 7.52. The first-order valence-electron chi connectivity index (χ1n) is 9.65. The van der Waals surface area contributed by atoms with Crippen molar-refractivity contribution >= 4 is 23.7 Å². The molecule has 3 aromatic carbocycles. The minimum absolute atomic E-state index is 0.0150. The number of aromatic carboxylic acids is 1. The quantitative estimate of drug-likeness (QED) is 0.579. The largest absolute Gasteiger partial charge is 0.478 e. The van der Waals surface area contributed by atoms with Crippen LogP contribution in [0, 0.1) is 0 Å². The number of carbonyl (C=O) groups excluding carboxylic acids is 1. The molecule has 0 aliphatic heterocycles. The number of alkyl carbamates (subject to hydrolysis) is 1. The van der Waals surface area contributed by atoms with Crippen molar-refractivity contribution in [1.82, 2.24) is 5.32 Å². The van der Waals surface area contributed by atoms with E-state index in [0.717, 1.165) is 16.7 Å². The Bertz CT molecular complexity index is 1070. The lowest BCUT2D eigenvalue weighted by molar-refractivity contribution is 0.0696. The molecule has 152 valence electrons. The zero-order chi connectivity index (χ0) is 21.1. The predicted octanol–water partition coefficient (Wildman–Crippen LogP) is 5.12. The van der Waals surface area contributed by atoms with Crippen LogP contribution in [0.3, 0.4) is 0 Å². The molecule has 0 spiro atoms. The molecule has 6 heteroatoms. The molecule has 4 rings (SSSR count). The summed E-state index contributed by atoms with van der Waals surface area (Å²) in [5.41, 5.74) is 5.59. The zero-order valence-corrected chi connectivity index (χ0v) is 16.9. The number of rotatable bonds is 6. The molecule has 0 atom stereocenters. The lowest BCUT2D eigenvalue weighted by Gasteiger charge is -2.14. The van der Waals surface area contributed by atoms with E-state index in [1.165, 1.54) is 23.3 Å². The monoisotopic (exact) mass is 421 g/mol. The molecular weight excluding hydrogens is 402 g/mol. The van der Waals surface area contributed by atoms with Crippen molar-refractivity contribution in [2.24, 2.45) is 0 Å². The highest BCUT2D eigenvalue weighted by Crippen LogP contribution is 2.44. The Morgan fingerprint density at radius 1 is 0.967 bits per heavy atom. The SMILES string of the molecule is O=C(NCCc1ccc(C(=O)O)cc1Cl)OCC1c2ccccc2-c2ccccc21. The van der Waals surface area contributed by atoms with Crippen molar-refractivity contribution in [3.05, 3.63) is 94.0 Å². The third-order valence-electron chi connectivity index (χ3n) is 5.31. The molecule has 0 saturated heterocycles. The Hall–Kier alpha value is -3.31. The summed E-state index contributed by atoms with van der Waals surface area (Å²) in [6, 6.07) is 20.9. The molecule has 0 heterocycles. The Morgan fingerprint density at radius 3 is 2.20 bits per heavy atom. The van der Waals surface area contributed by atoms with Gasteiger partial charge in [-0.1, -0.05) is 66.2 Å². The lowest BCUT2D eigenvalue weighted by Crippen LogP contribution is -2.28. The van der Waals surface area contributed by atoms with Gasteiger partial charge < -0.3 is 15.2 Å². The van der Waals surface area contributed by atoms with Gasteiger partial charge in [-0.25, -0.2) is 9.59 Å². The van der Waals surface area contributed by atoms with Crippen LogP contribution in [0.2, 0.25) is 5.02 Å². The van der Waals surface area contributed by atoms with Crippen LogP contribution in [0.4, 0.5) is 4.79 Å². The van der Waals surface area contributed by atoms with Crippen LogP contribution < -0.4 is 5.32 Å². The van der Waals surface area contributed by atoms with Gasteiger partial charge in [0.1, 0.15) is 6.61 Å². The van der Waals surface area contributed by atoms with Gasteiger partial charge in [-0.15, -0.1) is 0 Å². The molecule has 3 aromatic rings. The van der Waals surface area contributed by atoms with E-state index in [2.05, 4.69) is 29.6 Å². The molecule has 0 bridgehead atoms. The van der Waals surface area contributed by atoms with E-state index < -0.39 is 12.1 Å². The minimum atomic E-state index is -1.03. The van der Waals surface area contributed by atoms with Crippen LogP contribution in [0.25, 0.3) is 11.1 Å². The summed E-state index contributed by atoms with van der Waals surface area (Å²) in [4.78, 5) is 23.2. The van der Waals surface area contributed by atoms with Crippen molar-refractivity contribution in [2.45, 2.75) is 12.3 Å². The van der Waals surface area contributed by atoms with Gasteiger partial charge in [-0.05, 0) is 46.4 Å². The van der Waals surface area contributed by atoms with Crippen LogP contribution >= 0.6 is 11.6 Å². The van der Waals surface area contributed by atoms with Crippen LogP contribution in [0.1, 0.15) is 33.0 Å². The number of halogens is 1. The van der Waals surface area contributed by atoms with Crippen LogP contribution in [0.15, 0.2) is 66.7 Å². The summed E-state index contributed by atoms with van der Waals surface area (Å²) < 4.78 is 5.50. The van der Waals surface area contributed by atoms with Crippen molar-refractivity contribution < 1.29 is 19.4 Å². The van der Waals surface area contributed by atoms with Gasteiger partial charge in [0.2, 0.25) is 0 Å². The highest BCUT2D eigenvalue weighted by Gasteiger charge is 2.28. The number of nitrogens with one attached hydrogen (secondary N) is 1. The van der Waals surface area contributed by atoms with E-state index in [1.54, 1.807) is 6.07 Å². The Labute approximate surface area is 179 Å². The molecule has 1 amide bonds. The van der Waals surface area contributed by atoms with Gasteiger partial charge >= 0.3 is 12.1 Å². The second-order valence-electron chi connectivity index (χ2n) is 7.11. The molecule has 1 aliphatic rings. The molecule has 0 fully saturated rings. The number of ether oxygens (including phenoxy) is 1. The fourth-order valence-corrected chi connectivity index (χ4v) is 4.11. The fourth-order valence-electron chi connectivity index (χ4n) is 3.83. The number of hydrogen-bond donors (Lipinski definition) is 2. The lowest BCUT2D eigenvalue weighted by atomic mass is 9.98. The molecule has 5 nitrogen and oxygen atoms in total. The van der Waals surface area contributed by atoms with E-state index >= 15 is 0 Å². The van der Waals surface area contributed by atoms with Gasteiger partial charge in [-0.2, -0.15) is 0 Å².